The zero-order chi connectivity index (χ0) is 13.4. The van der Waals surface area contributed by atoms with Crippen molar-refractivity contribution in [2.45, 2.75) is 13.3 Å². The lowest BCUT2D eigenvalue weighted by atomic mass is 10.1. The molecule has 0 aliphatic rings. The molecule has 0 aliphatic carbocycles. The van der Waals surface area contributed by atoms with E-state index in [0.29, 0.717) is 30.3 Å². The topological polar surface area (TPSA) is 38.3 Å². The lowest BCUT2D eigenvalue weighted by Gasteiger charge is -2.08. The number of amides is 1. The molecule has 0 spiro atoms. The van der Waals surface area contributed by atoms with Gasteiger partial charge in [0.05, 0.1) is 6.61 Å². The van der Waals surface area contributed by atoms with Crippen molar-refractivity contribution in [3.63, 3.8) is 0 Å². The third kappa shape index (κ3) is 5.38. The van der Waals surface area contributed by atoms with E-state index in [1.54, 1.807) is 18.2 Å². The van der Waals surface area contributed by atoms with Crippen LogP contribution in [0.3, 0.4) is 0 Å². The van der Waals surface area contributed by atoms with Gasteiger partial charge in [-0.05, 0) is 37.1 Å². The molecule has 0 unspecified atom stereocenters. The van der Waals surface area contributed by atoms with Crippen LogP contribution >= 0.6 is 27.5 Å². The van der Waals surface area contributed by atoms with E-state index >= 15 is 0 Å². The second-order valence-electron chi connectivity index (χ2n) is 3.87. The van der Waals surface area contributed by atoms with Crippen molar-refractivity contribution < 1.29 is 9.53 Å². The molecule has 18 heavy (non-hydrogen) atoms. The molecular weight excluding hydrogens is 318 g/mol. The summed E-state index contributed by atoms with van der Waals surface area (Å²) in [5, 5.41) is 4.34. The SMILES string of the molecule is Cc1cc(Cl)ccc1C(=O)NCCCOCCBr. The van der Waals surface area contributed by atoms with Crippen LogP contribution in [-0.2, 0) is 4.74 Å². The highest BCUT2D eigenvalue weighted by molar-refractivity contribution is 9.09. The van der Waals surface area contributed by atoms with Crippen LogP contribution < -0.4 is 5.32 Å². The molecule has 0 aromatic heterocycles. The molecule has 100 valence electrons. The van der Waals surface area contributed by atoms with Crippen LogP contribution in [-0.4, -0.2) is 31.0 Å². The Bertz CT molecular complexity index is 399. The van der Waals surface area contributed by atoms with Gasteiger partial charge < -0.3 is 10.1 Å². The average Bonchev–Trinajstić information content (AvgIpc) is 2.33. The fourth-order valence-electron chi connectivity index (χ4n) is 1.51. The van der Waals surface area contributed by atoms with Crippen LogP contribution in [0.25, 0.3) is 0 Å². The first-order valence-corrected chi connectivity index (χ1v) is 7.33. The number of carbonyl (C=O) groups is 1. The highest BCUT2D eigenvalue weighted by Gasteiger charge is 2.08. The molecule has 3 nitrogen and oxygen atoms in total. The number of nitrogens with one attached hydrogen (secondary N) is 1. The molecule has 1 aromatic rings. The Labute approximate surface area is 121 Å². The van der Waals surface area contributed by atoms with Gasteiger partial charge in [-0.25, -0.2) is 0 Å². The summed E-state index contributed by atoms with van der Waals surface area (Å²) in [4.78, 5) is 11.9. The summed E-state index contributed by atoms with van der Waals surface area (Å²) in [5.41, 5.74) is 1.55. The van der Waals surface area contributed by atoms with E-state index in [1.807, 2.05) is 6.92 Å². The predicted molar refractivity (Wildman–Crippen MR) is 77.8 cm³/mol. The van der Waals surface area contributed by atoms with E-state index < -0.39 is 0 Å². The molecule has 0 radical (unpaired) electrons. The molecule has 0 heterocycles. The van der Waals surface area contributed by atoms with Gasteiger partial charge in [0.25, 0.3) is 5.91 Å². The third-order valence-corrected chi connectivity index (χ3v) is 2.96. The van der Waals surface area contributed by atoms with Crippen molar-refractivity contribution in [1.29, 1.82) is 0 Å². The Morgan fingerprint density at radius 3 is 2.89 bits per heavy atom. The number of benzene rings is 1. The van der Waals surface area contributed by atoms with E-state index in [4.69, 9.17) is 16.3 Å². The Morgan fingerprint density at radius 1 is 1.44 bits per heavy atom. The van der Waals surface area contributed by atoms with Crippen molar-refractivity contribution in [3.05, 3.63) is 34.3 Å². The normalized spacial score (nSPS) is 10.4. The molecule has 1 N–H and O–H groups in total. The summed E-state index contributed by atoms with van der Waals surface area (Å²) in [6, 6.07) is 5.26. The van der Waals surface area contributed by atoms with Gasteiger partial charge >= 0.3 is 0 Å². The highest BCUT2D eigenvalue weighted by Crippen LogP contribution is 2.14. The number of hydrogen-bond donors (Lipinski definition) is 1. The van der Waals surface area contributed by atoms with Crippen molar-refractivity contribution in [2.75, 3.05) is 25.1 Å². The van der Waals surface area contributed by atoms with Crippen molar-refractivity contribution in [1.82, 2.24) is 5.32 Å². The zero-order valence-corrected chi connectivity index (χ0v) is 12.7. The van der Waals surface area contributed by atoms with Crippen LogP contribution in [0.2, 0.25) is 5.02 Å². The van der Waals surface area contributed by atoms with E-state index in [9.17, 15) is 4.79 Å². The Morgan fingerprint density at radius 2 is 2.22 bits per heavy atom. The van der Waals surface area contributed by atoms with E-state index in [2.05, 4.69) is 21.2 Å². The summed E-state index contributed by atoms with van der Waals surface area (Å²) in [5.74, 6) is -0.0651. The van der Waals surface area contributed by atoms with E-state index in [-0.39, 0.29) is 5.91 Å². The maximum atomic E-state index is 11.9. The van der Waals surface area contributed by atoms with Crippen molar-refractivity contribution in [3.8, 4) is 0 Å². The number of rotatable bonds is 7. The summed E-state index contributed by atoms with van der Waals surface area (Å²) >= 11 is 9.13. The van der Waals surface area contributed by atoms with Crippen LogP contribution in [0, 0.1) is 6.92 Å². The smallest absolute Gasteiger partial charge is 0.251 e. The number of aryl methyl sites for hydroxylation is 1. The standard InChI is InChI=1S/C13H17BrClNO2/c1-10-9-11(15)3-4-12(10)13(17)16-6-2-7-18-8-5-14/h3-4,9H,2,5-8H2,1H3,(H,16,17). The molecule has 0 fully saturated rings. The Hall–Kier alpha value is -0.580. The molecule has 0 aliphatic heterocycles. The second-order valence-corrected chi connectivity index (χ2v) is 5.10. The molecular formula is C13H17BrClNO2. The number of alkyl halides is 1. The number of ether oxygens (including phenoxy) is 1. The fourth-order valence-corrected chi connectivity index (χ4v) is 1.97. The molecule has 0 saturated heterocycles. The second kappa shape index (κ2) is 8.51. The highest BCUT2D eigenvalue weighted by atomic mass is 79.9. The van der Waals surface area contributed by atoms with Crippen molar-refractivity contribution >= 4 is 33.4 Å². The van der Waals surface area contributed by atoms with E-state index in [0.717, 1.165) is 17.3 Å². The van der Waals surface area contributed by atoms with Gasteiger partial charge in [0.15, 0.2) is 0 Å². The molecule has 0 saturated carbocycles. The average molecular weight is 335 g/mol. The lowest BCUT2D eigenvalue weighted by molar-refractivity contribution is 0.0944. The minimum Gasteiger partial charge on any atom is -0.381 e. The Kier molecular flexibility index (Phi) is 7.32. The van der Waals surface area contributed by atoms with Crippen LogP contribution in [0.15, 0.2) is 18.2 Å². The predicted octanol–water partition coefficient (Wildman–Crippen LogP) is 3.18. The lowest BCUT2D eigenvalue weighted by Crippen LogP contribution is -2.26. The molecule has 1 amide bonds. The zero-order valence-electron chi connectivity index (χ0n) is 10.3. The maximum absolute atomic E-state index is 11.9. The molecule has 0 bridgehead atoms. The fraction of sp³-hybridized carbons (Fsp3) is 0.462. The van der Waals surface area contributed by atoms with E-state index in [1.165, 1.54) is 0 Å². The largest absolute Gasteiger partial charge is 0.381 e. The van der Waals surface area contributed by atoms with Crippen molar-refractivity contribution in [2.24, 2.45) is 0 Å². The van der Waals surface area contributed by atoms with Gasteiger partial charge in [0.1, 0.15) is 0 Å². The first kappa shape index (κ1) is 15.5. The first-order chi connectivity index (χ1) is 8.65. The minimum absolute atomic E-state index is 0.0651. The molecule has 0 atom stereocenters. The summed E-state index contributed by atoms with van der Waals surface area (Å²) < 4.78 is 5.29. The molecule has 1 rings (SSSR count). The first-order valence-electron chi connectivity index (χ1n) is 5.83. The van der Waals surface area contributed by atoms with Gasteiger partial charge in [-0.3, -0.25) is 4.79 Å². The van der Waals surface area contributed by atoms with Gasteiger partial charge in [0.2, 0.25) is 0 Å². The van der Waals surface area contributed by atoms with Crippen LogP contribution in [0.4, 0.5) is 0 Å². The Balaban J connectivity index is 2.32. The number of carbonyl (C=O) groups excluding carboxylic acids is 1. The summed E-state index contributed by atoms with van der Waals surface area (Å²) in [6.45, 7) is 3.85. The van der Waals surface area contributed by atoms with Gasteiger partial charge in [-0.1, -0.05) is 27.5 Å². The number of hydrogen-bond acceptors (Lipinski definition) is 2. The van der Waals surface area contributed by atoms with Crippen LogP contribution in [0.1, 0.15) is 22.3 Å². The number of halogens is 2. The van der Waals surface area contributed by atoms with Gasteiger partial charge in [-0.2, -0.15) is 0 Å². The maximum Gasteiger partial charge on any atom is 0.251 e. The van der Waals surface area contributed by atoms with Crippen LogP contribution in [0.5, 0.6) is 0 Å². The quantitative estimate of drug-likeness (QED) is 0.614. The van der Waals surface area contributed by atoms with Gasteiger partial charge in [0, 0.05) is 29.1 Å². The summed E-state index contributed by atoms with van der Waals surface area (Å²) in [6.07, 6.45) is 0.811. The monoisotopic (exact) mass is 333 g/mol. The minimum atomic E-state index is -0.0651. The van der Waals surface area contributed by atoms with Gasteiger partial charge in [-0.15, -0.1) is 0 Å². The molecule has 5 heteroatoms. The third-order valence-electron chi connectivity index (χ3n) is 2.41. The molecule has 1 aromatic carbocycles. The summed E-state index contributed by atoms with van der Waals surface area (Å²) in [7, 11) is 0.